The van der Waals surface area contributed by atoms with E-state index >= 15 is 0 Å². The van der Waals surface area contributed by atoms with Gasteiger partial charge in [0.1, 0.15) is 0 Å². The molecule has 1 aliphatic rings. The molecule has 0 bridgehead atoms. The van der Waals surface area contributed by atoms with Crippen LogP contribution in [-0.2, 0) is 11.2 Å². The van der Waals surface area contributed by atoms with Crippen molar-refractivity contribution in [3.63, 3.8) is 0 Å². The number of aromatic carboxylic acids is 1. The van der Waals surface area contributed by atoms with Crippen LogP contribution in [0.2, 0.25) is 5.02 Å². The van der Waals surface area contributed by atoms with E-state index < -0.39 is 5.97 Å². The quantitative estimate of drug-likeness (QED) is 0.678. The Labute approximate surface area is 161 Å². The highest BCUT2D eigenvalue weighted by atomic mass is 35.5. The Morgan fingerprint density at radius 1 is 1.07 bits per heavy atom. The van der Waals surface area contributed by atoms with Gasteiger partial charge in [-0.05, 0) is 49.1 Å². The highest BCUT2D eigenvalue weighted by molar-refractivity contribution is 6.34. The summed E-state index contributed by atoms with van der Waals surface area (Å²) in [5, 5.41) is 15.1. The van der Waals surface area contributed by atoms with Crippen LogP contribution in [0.3, 0.4) is 0 Å². The predicted molar refractivity (Wildman–Crippen MR) is 102 cm³/mol. The largest absolute Gasteiger partial charge is 0.478 e. The van der Waals surface area contributed by atoms with Crippen molar-refractivity contribution in [1.29, 1.82) is 0 Å². The summed E-state index contributed by atoms with van der Waals surface area (Å²) in [6, 6.07) is 11.5. The first kappa shape index (κ1) is 18.9. The highest BCUT2D eigenvalue weighted by Crippen LogP contribution is 2.24. The fraction of sp³-hybridized carbons (Fsp3) is 0.250. The predicted octanol–water partition coefficient (Wildman–Crippen LogP) is 3.50. The summed E-state index contributed by atoms with van der Waals surface area (Å²) in [6.07, 6.45) is 2.36. The summed E-state index contributed by atoms with van der Waals surface area (Å²) in [4.78, 5) is 35.7. The number of hydrogen-bond donors (Lipinski definition) is 3. The molecule has 6 nitrogen and oxygen atoms in total. The molecule has 0 aromatic heterocycles. The summed E-state index contributed by atoms with van der Waals surface area (Å²) in [5.41, 5.74) is 1.58. The topological polar surface area (TPSA) is 95.5 Å². The molecule has 2 aromatic carbocycles. The van der Waals surface area contributed by atoms with Gasteiger partial charge in [-0.15, -0.1) is 0 Å². The average Bonchev–Trinajstić information content (AvgIpc) is 3.45. The number of rotatable bonds is 7. The molecular weight excluding hydrogens is 368 g/mol. The van der Waals surface area contributed by atoms with Gasteiger partial charge in [-0.3, -0.25) is 9.59 Å². The van der Waals surface area contributed by atoms with Crippen LogP contribution < -0.4 is 10.6 Å². The first-order chi connectivity index (χ1) is 12.9. The first-order valence-corrected chi connectivity index (χ1v) is 9.03. The lowest BCUT2D eigenvalue weighted by Crippen LogP contribution is -2.25. The van der Waals surface area contributed by atoms with Crippen molar-refractivity contribution >= 4 is 35.1 Å². The Kier molecular flexibility index (Phi) is 5.76. The molecule has 1 fully saturated rings. The van der Waals surface area contributed by atoms with Crippen LogP contribution in [0.5, 0.6) is 0 Å². The fourth-order valence-electron chi connectivity index (χ4n) is 2.69. The number of anilines is 1. The Bertz CT molecular complexity index is 893. The van der Waals surface area contributed by atoms with Gasteiger partial charge in [0.15, 0.2) is 0 Å². The zero-order valence-corrected chi connectivity index (χ0v) is 15.3. The molecule has 7 heteroatoms. The van der Waals surface area contributed by atoms with Gasteiger partial charge in [0.2, 0.25) is 5.91 Å². The number of carboxylic acids is 1. The van der Waals surface area contributed by atoms with E-state index in [1.807, 2.05) is 0 Å². The van der Waals surface area contributed by atoms with Gasteiger partial charge in [0.05, 0.1) is 16.1 Å². The van der Waals surface area contributed by atoms with Crippen LogP contribution >= 0.6 is 11.6 Å². The molecule has 0 saturated heterocycles. The molecule has 1 saturated carbocycles. The number of carbonyl (C=O) groups is 3. The van der Waals surface area contributed by atoms with E-state index in [2.05, 4.69) is 10.6 Å². The van der Waals surface area contributed by atoms with Gasteiger partial charge in [0.25, 0.3) is 5.91 Å². The summed E-state index contributed by atoms with van der Waals surface area (Å²) in [7, 11) is 0. The number of amides is 2. The first-order valence-electron chi connectivity index (χ1n) is 8.65. The third-order valence-corrected chi connectivity index (χ3v) is 4.61. The monoisotopic (exact) mass is 386 g/mol. The summed E-state index contributed by atoms with van der Waals surface area (Å²) >= 11 is 6.09. The Morgan fingerprint density at radius 2 is 1.81 bits per heavy atom. The maximum absolute atomic E-state index is 12.2. The van der Waals surface area contributed by atoms with E-state index in [-0.39, 0.29) is 29.8 Å². The van der Waals surface area contributed by atoms with Crippen LogP contribution in [0, 0.1) is 0 Å². The van der Waals surface area contributed by atoms with Crippen LogP contribution in [0.4, 0.5) is 5.69 Å². The van der Waals surface area contributed by atoms with Gasteiger partial charge < -0.3 is 15.7 Å². The molecular formula is C20H19ClN2O4. The van der Waals surface area contributed by atoms with Crippen molar-refractivity contribution in [3.8, 4) is 0 Å². The Morgan fingerprint density at radius 3 is 2.52 bits per heavy atom. The molecule has 0 radical (unpaired) electrons. The molecule has 27 heavy (non-hydrogen) atoms. The molecule has 1 aliphatic carbocycles. The number of halogens is 1. The molecule has 3 N–H and O–H groups in total. The van der Waals surface area contributed by atoms with Crippen molar-refractivity contribution in [2.24, 2.45) is 0 Å². The van der Waals surface area contributed by atoms with E-state index in [9.17, 15) is 19.5 Å². The molecule has 0 heterocycles. The van der Waals surface area contributed by atoms with Crippen molar-refractivity contribution in [2.45, 2.75) is 31.7 Å². The summed E-state index contributed by atoms with van der Waals surface area (Å²) < 4.78 is 0. The molecule has 2 aromatic rings. The maximum atomic E-state index is 12.2. The molecule has 3 rings (SSSR count). The zero-order valence-electron chi connectivity index (χ0n) is 14.5. The van der Waals surface area contributed by atoms with Crippen molar-refractivity contribution in [1.82, 2.24) is 5.32 Å². The Hall–Kier alpha value is -2.86. The third kappa shape index (κ3) is 5.08. The lowest BCUT2D eigenvalue weighted by molar-refractivity contribution is -0.116. The minimum atomic E-state index is -1.02. The van der Waals surface area contributed by atoms with Gasteiger partial charge in [-0.2, -0.15) is 0 Å². The maximum Gasteiger partial charge on any atom is 0.335 e. The lowest BCUT2D eigenvalue weighted by atomic mass is 10.0. The molecule has 0 aliphatic heterocycles. The van der Waals surface area contributed by atoms with Crippen molar-refractivity contribution in [3.05, 3.63) is 64.2 Å². The number of aryl methyl sites for hydroxylation is 1. The van der Waals surface area contributed by atoms with E-state index in [0.29, 0.717) is 28.3 Å². The minimum Gasteiger partial charge on any atom is -0.478 e. The standard InChI is InChI=1S/C20H19ClN2O4/c21-17-9-8-14(11-16(17)19(25)23-13-6-7-13)22-18(24)10-5-12-3-1-2-4-15(12)20(26)27/h1-4,8-9,11,13H,5-7,10H2,(H,22,24)(H,23,25)(H,26,27). The number of hydrogen-bond acceptors (Lipinski definition) is 3. The smallest absolute Gasteiger partial charge is 0.335 e. The summed E-state index contributed by atoms with van der Waals surface area (Å²) in [6.45, 7) is 0. The second-order valence-corrected chi connectivity index (χ2v) is 6.86. The van der Waals surface area contributed by atoms with Gasteiger partial charge >= 0.3 is 5.97 Å². The number of carboxylic acid groups (broad SMARTS) is 1. The number of carbonyl (C=O) groups excluding carboxylic acids is 2. The molecule has 0 spiro atoms. The zero-order chi connectivity index (χ0) is 19.4. The Balaban J connectivity index is 1.62. The van der Waals surface area contributed by atoms with Crippen LogP contribution in [0.15, 0.2) is 42.5 Å². The van der Waals surface area contributed by atoms with Crippen LogP contribution in [-0.4, -0.2) is 28.9 Å². The third-order valence-electron chi connectivity index (χ3n) is 4.28. The average molecular weight is 387 g/mol. The fourth-order valence-corrected chi connectivity index (χ4v) is 2.89. The normalized spacial score (nSPS) is 13.1. The molecule has 2 amide bonds. The highest BCUT2D eigenvalue weighted by Gasteiger charge is 2.25. The number of nitrogens with one attached hydrogen (secondary N) is 2. The van der Waals surface area contributed by atoms with E-state index in [1.165, 1.54) is 6.07 Å². The van der Waals surface area contributed by atoms with Crippen molar-refractivity contribution in [2.75, 3.05) is 5.32 Å². The van der Waals surface area contributed by atoms with Crippen LogP contribution in [0.1, 0.15) is 45.5 Å². The molecule has 0 unspecified atom stereocenters. The van der Waals surface area contributed by atoms with Gasteiger partial charge in [-0.25, -0.2) is 4.79 Å². The summed E-state index contributed by atoms with van der Waals surface area (Å²) in [5.74, 6) is -1.55. The van der Waals surface area contributed by atoms with Crippen LogP contribution in [0.25, 0.3) is 0 Å². The minimum absolute atomic E-state index is 0.122. The second-order valence-electron chi connectivity index (χ2n) is 6.45. The molecule has 140 valence electrons. The van der Waals surface area contributed by atoms with E-state index in [1.54, 1.807) is 36.4 Å². The van der Waals surface area contributed by atoms with E-state index in [0.717, 1.165) is 12.8 Å². The van der Waals surface area contributed by atoms with Gasteiger partial charge in [0, 0.05) is 18.2 Å². The van der Waals surface area contributed by atoms with Crippen molar-refractivity contribution < 1.29 is 19.5 Å². The second kappa shape index (κ2) is 8.22. The molecule has 0 atom stereocenters. The SMILES string of the molecule is O=C(CCc1ccccc1C(=O)O)Nc1ccc(Cl)c(C(=O)NC2CC2)c1. The van der Waals surface area contributed by atoms with Gasteiger partial charge in [-0.1, -0.05) is 29.8 Å². The lowest BCUT2D eigenvalue weighted by Gasteiger charge is -2.10. The number of benzene rings is 2. The van der Waals surface area contributed by atoms with E-state index in [4.69, 9.17) is 11.6 Å².